The van der Waals surface area contributed by atoms with E-state index in [0.717, 1.165) is 11.1 Å². The molecule has 0 N–H and O–H groups in total. The number of halogens is 3. The molecule has 0 bridgehead atoms. The van der Waals surface area contributed by atoms with Crippen molar-refractivity contribution in [2.45, 2.75) is 0 Å². The van der Waals surface area contributed by atoms with Gasteiger partial charge in [0.1, 0.15) is 10.3 Å². The monoisotopic (exact) mass is 333 g/mol. The summed E-state index contributed by atoms with van der Waals surface area (Å²) >= 11 is 19.1. The Morgan fingerprint density at radius 1 is 0.571 bits per heavy atom. The van der Waals surface area contributed by atoms with E-state index < -0.39 is 0 Å². The molecule has 104 valence electrons. The Labute approximate surface area is 138 Å². The zero-order chi connectivity index (χ0) is 14.8. The lowest BCUT2D eigenvalue weighted by Crippen LogP contribution is -1.92. The molecule has 0 spiro atoms. The first-order valence-electron chi connectivity index (χ1n) is 6.34. The summed E-state index contributed by atoms with van der Waals surface area (Å²) in [6.07, 6.45) is 0. The number of nitrogens with zero attached hydrogens (tertiary/aromatic N) is 1. The minimum absolute atomic E-state index is 0.302. The second-order valence-corrected chi connectivity index (χ2v) is 5.58. The zero-order valence-electron chi connectivity index (χ0n) is 10.9. The number of pyridine rings is 1. The molecule has 0 saturated heterocycles. The zero-order valence-corrected chi connectivity index (χ0v) is 13.1. The molecule has 1 nitrogen and oxygen atoms in total. The van der Waals surface area contributed by atoms with Crippen LogP contribution in [0.3, 0.4) is 0 Å². The molecule has 0 aliphatic carbocycles. The molecule has 4 heteroatoms. The number of rotatable bonds is 2. The summed E-state index contributed by atoms with van der Waals surface area (Å²) in [5, 5.41) is 1.11. The Hall–Kier alpha value is -1.54. The molecule has 1 heterocycles. The van der Waals surface area contributed by atoms with Gasteiger partial charge in [-0.3, -0.25) is 0 Å². The molecule has 0 aliphatic rings. The highest BCUT2D eigenvalue weighted by Gasteiger charge is 2.18. The van der Waals surface area contributed by atoms with Gasteiger partial charge in [-0.15, -0.1) is 0 Å². The van der Waals surface area contributed by atoms with Crippen molar-refractivity contribution in [1.82, 2.24) is 4.98 Å². The molecular weight excluding hydrogens is 325 g/mol. The molecule has 0 atom stereocenters. The number of aromatic nitrogens is 1. The quantitative estimate of drug-likeness (QED) is 0.496. The normalized spacial score (nSPS) is 10.6. The van der Waals surface area contributed by atoms with Crippen molar-refractivity contribution in [1.29, 1.82) is 0 Å². The molecule has 0 radical (unpaired) electrons. The minimum Gasteiger partial charge on any atom is -0.223 e. The highest BCUT2D eigenvalue weighted by atomic mass is 35.5. The van der Waals surface area contributed by atoms with Crippen LogP contribution in [0.4, 0.5) is 0 Å². The second kappa shape index (κ2) is 6.07. The van der Waals surface area contributed by atoms with Crippen molar-refractivity contribution in [2.24, 2.45) is 0 Å². The maximum absolute atomic E-state index is 6.58. The molecule has 0 saturated carbocycles. The van der Waals surface area contributed by atoms with E-state index in [1.54, 1.807) is 0 Å². The van der Waals surface area contributed by atoms with Gasteiger partial charge in [-0.2, -0.15) is 0 Å². The summed E-state index contributed by atoms with van der Waals surface area (Å²) in [4.78, 5) is 4.23. The lowest BCUT2D eigenvalue weighted by Gasteiger charge is -2.13. The van der Waals surface area contributed by atoms with Gasteiger partial charge in [0.15, 0.2) is 0 Å². The van der Waals surface area contributed by atoms with Crippen LogP contribution < -0.4 is 0 Å². The van der Waals surface area contributed by atoms with Gasteiger partial charge in [0.25, 0.3) is 0 Å². The summed E-state index contributed by atoms with van der Waals surface area (Å²) in [7, 11) is 0. The number of benzene rings is 2. The Kier molecular flexibility index (Phi) is 4.16. The van der Waals surface area contributed by atoms with E-state index in [4.69, 9.17) is 34.8 Å². The predicted molar refractivity (Wildman–Crippen MR) is 90.1 cm³/mol. The van der Waals surface area contributed by atoms with Crippen molar-refractivity contribution in [2.75, 3.05) is 0 Å². The summed E-state index contributed by atoms with van der Waals surface area (Å²) < 4.78 is 0. The van der Waals surface area contributed by atoms with E-state index in [-0.39, 0.29) is 0 Å². The fraction of sp³-hybridized carbons (Fsp3) is 0. The molecule has 3 aromatic rings. The van der Waals surface area contributed by atoms with Crippen LogP contribution in [0.25, 0.3) is 22.3 Å². The van der Waals surface area contributed by atoms with Crippen LogP contribution in [0.2, 0.25) is 15.3 Å². The van der Waals surface area contributed by atoms with Gasteiger partial charge >= 0.3 is 0 Å². The van der Waals surface area contributed by atoms with E-state index in [9.17, 15) is 0 Å². The summed E-state index contributed by atoms with van der Waals surface area (Å²) in [5.74, 6) is 0. The summed E-state index contributed by atoms with van der Waals surface area (Å²) in [5.41, 5.74) is 3.21. The maximum atomic E-state index is 6.58. The highest BCUT2D eigenvalue weighted by molar-refractivity contribution is 6.43. The minimum atomic E-state index is 0.302. The van der Waals surface area contributed by atoms with Crippen molar-refractivity contribution in [3.8, 4) is 22.3 Å². The van der Waals surface area contributed by atoms with Gasteiger partial charge in [0.05, 0.1) is 5.02 Å². The first kappa shape index (κ1) is 14.4. The van der Waals surface area contributed by atoms with Crippen LogP contribution in [0.15, 0.2) is 60.7 Å². The number of hydrogen-bond donors (Lipinski definition) is 0. The fourth-order valence-electron chi connectivity index (χ4n) is 2.21. The maximum Gasteiger partial charge on any atom is 0.140 e. The predicted octanol–water partition coefficient (Wildman–Crippen LogP) is 6.38. The Morgan fingerprint density at radius 2 is 0.952 bits per heavy atom. The van der Waals surface area contributed by atoms with Crippen LogP contribution in [0.1, 0.15) is 0 Å². The summed E-state index contributed by atoms with van der Waals surface area (Å²) in [6, 6.07) is 19.4. The Balaban J connectivity index is 2.29. The van der Waals surface area contributed by atoms with E-state index in [0.29, 0.717) is 26.5 Å². The van der Waals surface area contributed by atoms with Crippen LogP contribution in [-0.4, -0.2) is 4.98 Å². The fourth-order valence-corrected chi connectivity index (χ4v) is 3.32. The molecule has 0 unspecified atom stereocenters. The van der Waals surface area contributed by atoms with E-state index in [1.807, 2.05) is 60.7 Å². The van der Waals surface area contributed by atoms with Gasteiger partial charge < -0.3 is 0 Å². The molecule has 1 aromatic heterocycles. The van der Waals surface area contributed by atoms with E-state index in [2.05, 4.69) is 4.98 Å². The highest BCUT2D eigenvalue weighted by Crippen LogP contribution is 2.43. The first-order valence-corrected chi connectivity index (χ1v) is 7.47. The summed E-state index contributed by atoms with van der Waals surface area (Å²) in [6.45, 7) is 0. The third-order valence-electron chi connectivity index (χ3n) is 3.17. The van der Waals surface area contributed by atoms with E-state index >= 15 is 0 Å². The lowest BCUT2D eigenvalue weighted by molar-refractivity contribution is 1.33. The van der Waals surface area contributed by atoms with Crippen molar-refractivity contribution in [3.63, 3.8) is 0 Å². The number of hydrogen-bond acceptors (Lipinski definition) is 1. The van der Waals surface area contributed by atoms with Crippen molar-refractivity contribution in [3.05, 3.63) is 76.0 Å². The Morgan fingerprint density at radius 3 is 1.33 bits per heavy atom. The SMILES string of the molecule is Clc1nc(Cl)c(-c2ccccc2)c(Cl)c1-c1ccccc1. The third-order valence-corrected chi connectivity index (χ3v) is 4.10. The van der Waals surface area contributed by atoms with Crippen LogP contribution in [0, 0.1) is 0 Å². The molecule has 21 heavy (non-hydrogen) atoms. The average Bonchev–Trinajstić information content (AvgIpc) is 2.49. The standard InChI is InChI=1S/C17H10Cl3N/c18-15-13(11-7-3-1-4-8-11)16(19)21-17(20)14(15)12-9-5-2-6-10-12/h1-10H. The van der Waals surface area contributed by atoms with Gasteiger partial charge in [-0.1, -0.05) is 95.5 Å². The van der Waals surface area contributed by atoms with Crippen LogP contribution >= 0.6 is 34.8 Å². The molecule has 3 rings (SSSR count). The van der Waals surface area contributed by atoms with E-state index in [1.165, 1.54) is 0 Å². The molecule has 2 aromatic carbocycles. The molecule has 0 fully saturated rings. The largest absolute Gasteiger partial charge is 0.223 e. The molecule has 0 aliphatic heterocycles. The van der Waals surface area contributed by atoms with Crippen molar-refractivity contribution < 1.29 is 0 Å². The van der Waals surface area contributed by atoms with Gasteiger partial charge in [-0.05, 0) is 11.1 Å². The Bertz CT molecular complexity index is 707. The van der Waals surface area contributed by atoms with Gasteiger partial charge in [0.2, 0.25) is 0 Å². The smallest absolute Gasteiger partial charge is 0.140 e. The van der Waals surface area contributed by atoms with Crippen LogP contribution in [0.5, 0.6) is 0 Å². The second-order valence-electron chi connectivity index (χ2n) is 4.49. The lowest BCUT2D eigenvalue weighted by atomic mass is 10.0. The van der Waals surface area contributed by atoms with Crippen LogP contribution in [-0.2, 0) is 0 Å². The first-order chi connectivity index (χ1) is 10.2. The molecule has 0 amide bonds. The average molecular weight is 335 g/mol. The molecular formula is C17H10Cl3N. The third kappa shape index (κ3) is 2.77. The van der Waals surface area contributed by atoms with Crippen molar-refractivity contribution >= 4 is 34.8 Å². The van der Waals surface area contributed by atoms with Gasteiger partial charge in [0, 0.05) is 11.1 Å². The topological polar surface area (TPSA) is 12.9 Å². The van der Waals surface area contributed by atoms with Gasteiger partial charge in [-0.25, -0.2) is 4.98 Å².